The summed E-state index contributed by atoms with van der Waals surface area (Å²) in [6.45, 7) is 8.26. The molecule has 0 aliphatic heterocycles. The second kappa shape index (κ2) is 12.5. The van der Waals surface area contributed by atoms with Crippen LogP contribution in [-0.4, -0.2) is 13.7 Å². The van der Waals surface area contributed by atoms with E-state index in [4.69, 9.17) is 9.47 Å². The van der Waals surface area contributed by atoms with Crippen molar-refractivity contribution in [3.63, 3.8) is 0 Å². The molecule has 0 radical (unpaired) electrons. The summed E-state index contributed by atoms with van der Waals surface area (Å²) in [5, 5.41) is 0. The second-order valence-electron chi connectivity index (χ2n) is 5.86. The van der Waals surface area contributed by atoms with Crippen LogP contribution in [0.2, 0.25) is 0 Å². The minimum Gasteiger partial charge on any atom is -0.496 e. The van der Waals surface area contributed by atoms with Crippen molar-refractivity contribution in [3.05, 3.63) is 66.5 Å². The van der Waals surface area contributed by atoms with E-state index < -0.39 is 0 Å². The van der Waals surface area contributed by atoms with E-state index in [1.165, 1.54) is 37.7 Å². The summed E-state index contributed by atoms with van der Waals surface area (Å²) < 4.78 is 10.5. The molecule has 2 heteroatoms. The van der Waals surface area contributed by atoms with E-state index in [1.54, 1.807) is 7.11 Å². The van der Waals surface area contributed by atoms with Crippen LogP contribution >= 0.6 is 0 Å². The summed E-state index contributed by atoms with van der Waals surface area (Å²) in [5.41, 5.74) is 1.41. The minimum atomic E-state index is 0.680. The fourth-order valence-electron chi connectivity index (χ4n) is 2.92. The van der Waals surface area contributed by atoms with Crippen molar-refractivity contribution in [1.29, 1.82) is 0 Å². The highest BCUT2D eigenvalue weighted by Gasteiger charge is 2.18. The Hall–Kier alpha value is -1.96. The number of hydrogen-bond acceptors (Lipinski definition) is 2. The van der Waals surface area contributed by atoms with Crippen LogP contribution in [0.5, 0.6) is 5.75 Å². The quantitative estimate of drug-likeness (QED) is 0.443. The second-order valence-corrected chi connectivity index (χ2v) is 5.86. The topological polar surface area (TPSA) is 18.5 Å². The Balaban J connectivity index is 0.000000257. The molecule has 0 saturated heterocycles. The van der Waals surface area contributed by atoms with E-state index in [0.717, 1.165) is 11.7 Å². The predicted octanol–water partition coefficient (Wildman–Crippen LogP) is 6.41. The Morgan fingerprint density at radius 1 is 1.17 bits per heavy atom. The van der Waals surface area contributed by atoms with Gasteiger partial charge in [0.25, 0.3) is 0 Å². The van der Waals surface area contributed by atoms with Crippen LogP contribution in [0.3, 0.4) is 0 Å². The van der Waals surface area contributed by atoms with Gasteiger partial charge in [0.15, 0.2) is 0 Å². The molecule has 0 aromatic heterocycles. The van der Waals surface area contributed by atoms with Crippen LogP contribution < -0.4 is 4.74 Å². The minimum absolute atomic E-state index is 0.680. The standard InChI is InChI=1S/C13H18O.C9H14O/c1-14-13-10-6-5-9-12(13)11-7-3-2-4-8-11;1-4-6-7-8-9(3)10-5-2/h5-6,9-11H,2-4,7-8H2,1H3;4,6-8H,3,5H2,1-2H3/b;6-4-,8-7-. The van der Waals surface area contributed by atoms with Crippen LogP contribution in [-0.2, 0) is 4.74 Å². The third-order valence-corrected chi connectivity index (χ3v) is 4.10. The third kappa shape index (κ3) is 7.54. The number of methoxy groups -OCH3 is 1. The van der Waals surface area contributed by atoms with Crippen LogP contribution in [0.25, 0.3) is 0 Å². The average Bonchev–Trinajstić information content (AvgIpc) is 2.63. The van der Waals surface area contributed by atoms with Crippen LogP contribution in [0.4, 0.5) is 0 Å². The van der Waals surface area contributed by atoms with E-state index in [1.807, 2.05) is 44.2 Å². The Bertz CT molecular complexity index is 523. The monoisotopic (exact) mass is 328 g/mol. The lowest BCUT2D eigenvalue weighted by Gasteiger charge is -2.23. The molecule has 1 aromatic carbocycles. The lowest BCUT2D eigenvalue weighted by molar-refractivity contribution is 0.244. The summed E-state index contributed by atoms with van der Waals surface area (Å²) in [6, 6.07) is 8.45. The molecule has 1 saturated carbocycles. The first kappa shape index (κ1) is 20.1. The fraction of sp³-hybridized carbons (Fsp3) is 0.455. The Labute approximate surface area is 147 Å². The zero-order valence-corrected chi connectivity index (χ0v) is 15.5. The van der Waals surface area contributed by atoms with Gasteiger partial charge in [0, 0.05) is 0 Å². The van der Waals surface area contributed by atoms with Gasteiger partial charge in [-0.1, -0.05) is 62.3 Å². The normalized spacial score (nSPS) is 15.1. The number of benzene rings is 1. The molecule has 132 valence electrons. The number of ether oxygens (including phenoxy) is 2. The molecule has 0 atom stereocenters. The average molecular weight is 328 g/mol. The maximum atomic E-state index is 5.40. The summed E-state index contributed by atoms with van der Waals surface area (Å²) in [4.78, 5) is 0. The summed E-state index contributed by atoms with van der Waals surface area (Å²) in [5.74, 6) is 2.51. The molecule has 0 bridgehead atoms. The van der Waals surface area contributed by atoms with E-state index in [9.17, 15) is 0 Å². The predicted molar refractivity (Wildman–Crippen MR) is 104 cm³/mol. The lowest BCUT2D eigenvalue weighted by atomic mass is 9.84. The maximum absolute atomic E-state index is 5.40. The van der Waals surface area contributed by atoms with E-state index in [-0.39, 0.29) is 0 Å². The van der Waals surface area contributed by atoms with Gasteiger partial charge in [0.05, 0.1) is 13.7 Å². The van der Waals surface area contributed by atoms with Gasteiger partial charge in [-0.05, 0) is 50.3 Å². The van der Waals surface area contributed by atoms with Crippen molar-refractivity contribution in [2.24, 2.45) is 0 Å². The highest BCUT2D eigenvalue weighted by molar-refractivity contribution is 5.36. The Morgan fingerprint density at radius 3 is 2.50 bits per heavy atom. The van der Waals surface area contributed by atoms with Crippen LogP contribution in [0.15, 0.2) is 60.9 Å². The smallest absolute Gasteiger partial charge is 0.122 e. The highest BCUT2D eigenvalue weighted by Crippen LogP contribution is 2.36. The van der Waals surface area contributed by atoms with Gasteiger partial charge < -0.3 is 9.47 Å². The van der Waals surface area contributed by atoms with Crippen LogP contribution in [0, 0.1) is 0 Å². The van der Waals surface area contributed by atoms with Gasteiger partial charge in [-0.2, -0.15) is 0 Å². The first-order valence-corrected chi connectivity index (χ1v) is 8.96. The first-order chi connectivity index (χ1) is 11.7. The number of allylic oxidation sites excluding steroid dienone is 4. The molecule has 1 fully saturated rings. The molecule has 0 heterocycles. The highest BCUT2D eigenvalue weighted by atomic mass is 16.5. The molecule has 1 aliphatic rings. The largest absolute Gasteiger partial charge is 0.496 e. The molecule has 24 heavy (non-hydrogen) atoms. The number of hydrogen-bond donors (Lipinski definition) is 0. The maximum Gasteiger partial charge on any atom is 0.122 e. The van der Waals surface area contributed by atoms with Crippen molar-refractivity contribution in [2.45, 2.75) is 51.9 Å². The molecular formula is C22H32O2. The van der Waals surface area contributed by atoms with E-state index >= 15 is 0 Å². The molecule has 2 rings (SSSR count). The molecule has 0 spiro atoms. The zero-order valence-electron chi connectivity index (χ0n) is 15.5. The number of para-hydroxylation sites is 1. The van der Waals surface area contributed by atoms with Crippen molar-refractivity contribution < 1.29 is 9.47 Å². The van der Waals surface area contributed by atoms with Gasteiger partial charge in [-0.25, -0.2) is 0 Å². The van der Waals surface area contributed by atoms with E-state index in [0.29, 0.717) is 12.4 Å². The first-order valence-electron chi connectivity index (χ1n) is 8.96. The zero-order chi connectivity index (χ0) is 17.6. The molecule has 1 aromatic rings. The van der Waals surface area contributed by atoms with Gasteiger partial charge in [-0.3, -0.25) is 0 Å². The van der Waals surface area contributed by atoms with Crippen molar-refractivity contribution >= 4 is 0 Å². The molecule has 0 unspecified atom stereocenters. The lowest BCUT2D eigenvalue weighted by Crippen LogP contribution is -2.05. The summed E-state index contributed by atoms with van der Waals surface area (Å²) >= 11 is 0. The Kier molecular flexibility index (Phi) is 10.4. The van der Waals surface area contributed by atoms with Crippen LogP contribution in [0.1, 0.15) is 57.4 Å². The van der Waals surface area contributed by atoms with E-state index in [2.05, 4.69) is 24.8 Å². The fourth-order valence-corrected chi connectivity index (χ4v) is 2.92. The SMILES string of the molecule is C=C(/C=C\C=C/C)OCC.COc1ccccc1C1CCCCC1. The van der Waals surface area contributed by atoms with Gasteiger partial charge in [-0.15, -0.1) is 0 Å². The van der Waals surface area contributed by atoms with Gasteiger partial charge in [0.2, 0.25) is 0 Å². The molecule has 2 nitrogen and oxygen atoms in total. The van der Waals surface area contributed by atoms with Crippen molar-refractivity contribution in [2.75, 3.05) is 13.7 Å². The molecular weight excluding hydrogens is 296 g/mol. The van der Waals surface area contributed by atoms with Crippen molar-refractivity contribution in [1.82, 2.24) is 0 Å². The molecule has 0 amide bonds. The molecule has 0 N–H and O–H groups in total. The number of rotatable bonds is 6. The third-order valence-electron chi connectivity index (χ3n) is 4.10. The Morgan fingerprint density at radius 2 is 1.88 bits per heavy atom. The van der Waals surface area contributed by atoms with Gasteiger partial charge in [0.1, 0.15) is 11.5 Å². The molecule has 1 aliphatic carbocycles. The summed E-state index contributed by atoms with van der Waals surface area (Å²) in [7, 11) is 1.77. The van der Waals surface area contributed by atoms with Crippen molar-refractivity contribution in [3.8, 4) is 5.75 Å². The summed E-state index contributed by atoms with van der Waals surface area (Å²) in [6.07, 6.45) is 14.5. The van der Waals surface area contributed by atoms with Gasteiger partial charge >= 0.3 is 0 Å².